The van der Waals surface area contributed by atoms with E-state index in [0.717, 1.165) is 43.4 Å². The monoisotopic (exact) mass is 432 g/mol. The molecule has 4 heterocycles. The molecule has 1 aliphatic heterocycles. The fraction of sp³-hybridized carbons (Fsp3) is 0.348. The van der Waals surface area contributed by atoms with Gasteiger partial charge in [-0.3, -0.25) is 24.7 Å². The van der Waals surface area contributed by atoms with E-state index in [4.69, 9.17) is 4.74 Å². The summed E-state index contributed by atoms with van der Waals surface area (Å²) in [6, 6.07) is 6.53. The number of nitrogens with zero attached hydrogens (tertiary/aromatic N) is 5. The van der Waals surface area contributed by atoms with Crippen molar-refractivity contribution in [2.24, 2.45) is 12.5 Å². The van der Waals surface area contributed by atoms with E-state index < -0.39 is 6.03 Å². The van der Waals surface area contributed by atoms with Crippen LogP contribution in [-0.2, 0) is 11.8 Å². The second kappa shape index (κ2) is 8.07. The predicted octanol–water partition coefficient (Wildman–Crippen LogP) is 3.99. The average Bonchev–Trinajstić information content (AvgIpc) is 3.52. The lowest BCUT2D eigenvalue weighted by Crippen LogP contribution is -2.40. The molecule has 1 aliphatic carbocycles. The first-order chi connectivity index (χ1) is 15.5. The van der Waals surface area contributed by atoms with Crippen LogP contribution in [0, 0.1) is 5.41 Å². The molecule has 32 heavy (non-hydrogen) atoms. The molecule has 164 valence electrons. The Morgan fingerprint density at radius 1 is 1.09 bits per heavy atom. The molecule has 2 fully saturated rings. The maximum atomic E-state index is 12.8. The second-order valence-electron chi connectivity index (χ2n) is 8.39. The number of carbonyl (C=O) groups excluding carboxylic acids is 2. The molecule has 1 N–H and O–H groups in total. The van der Waals surface area contributed by atoms with Crippen LogP contribution >= 0.6 is 0 Å². The van der Waals surface area contributed by atoms with Crippen LogP contribution in [-0.4, -0.2) is 43.1 Å². The van der Waals surface area contributed by atoms with Gasteiger partial charge in [0.05, 0.1) is 23.5 Å². The smallest absolute Gasteiger partial charge is 0.329 e. The third kappa shape index (κ3) is 3.81. The Kier molecular flexibility index (Phi) is 5.08. The number of anilines is 1. The first-order valence-corrected chi connectivity index (χ1v) is 10.7. The van der Waals surface area contributed by atoms with Crippen molar-refractivity contribution in [3.8, 4) is 22.8 Å². The fourth-order valence-corrected chi connectivity index (χ4v) is 4.54. The summed E-state index contributed by atoms with van der Waals surface area (Å²) >= 11 is 0. The van der Waals surface area contributed by atoms with Gasteiger partial charge in [-0.05, 0) is 37.5 Å². The molecule has 3 aromatic heterocycles. The van der Waals surface area contributed by atoms with Crippen molar-refractivity contribution >= 4 is 17.8 Å². The zero-order valence-corrected chi connectivity index (χ0v) is 17.8. The predicted molar refractivity (Wildman–Crippen MR) is 117 cm³/mol. The summed E-state index contributed by atoms with van der Waals surface area (Å²) in [7, 11) is 1.85. The number of pyridine rings is 2. The lowest BCUT2D eigenvalue weighted by Gasteiger charge is -2.21. The molecule has 0 atom stereocenters. The third-order valence-electron chi connectivity index (χ3n) is 6.26. The number of rotatable bonds is 4. The number of ether oxygens (including phenoxy) is 1. The first-order valence-electron chi connectivity index (χ1n) is 10.7. The van der Waals surface area contributed by atoms with E-state index in [1.54, 1.807) is 35.3 Å². The number of aromatic nitrogens is 4. The molecule has 0 radical (unpaired) electrons. The summed E-state index contributed by atoms with van der Waals surface area (Å²) in [5.41, 5.74) is 1.33. The molecule has 3 amide bonds. The van der Waals surface area contributed by atoms with Gasteiger partial charge in [-0.2, -0.15) is 5.10 Å². The van der Waals surface area contributed by atoms with E-state index in [1.165, 1.54) is 11.1 Å². The van der Waals surface area contributed by atoms with Gasteiger partial charge in [0.15, 0.2) is 0 Å². The molecule has 9 nitrogen and oxygen atoms in total. The number of likely N-dealkylation sites (tertiary alicyclic amines) is 1. The number of hydrogen-bond acceptors (Lipinski definition) is 6. The summed E-state index contributed by atoms with van der Waals surface area (Å²) in [6.45, 7) is 0.465. The standard InChI is InChI=1S/C23H24N6O3/c1-28-15-16(13-26-28)19-12-17(6-10-24-19)32-18-4-5-20(25-14-18)27-22(31)29-11-9-23(21(29)30)7-2-3-8-23/h4-6,10,12-15H,2-3,7-9,11H2,1H3,(H,25,27,31). The highest BCUT2D eigenvalue weighted by Gasteiger charge is 2.49. The summed E-state index contributed by atoms with van der Waals surface area (Å²) < 4.78 is 7.59. The number of nitrogens with one attached hydrogen (secondary N) is 1. The number of carbonyl (C=O) groups is 2. The van der Waals surface area contributed by atoms with Gasteiger partial charge in [-0.15, -0.1) is 0 Å². The van der Waals surface area contributed by atoms with E-state index in [1.807, 2.05) is 19.3 Å². The van der Waals surface area contributed by atoms with E-state index in [9.17, 15) is 9.59 Å². The molecule has 0 unspecified atom stereocenters. The minimum absolute atomic E-state index is 0.0467. The lowest BCUT2D eigenvalue weighted by atomic mass is 9.85. The van der Waals surface area contributed by atoms with Crippen molar-refractivity contribution in [2.45, 2.75) is 32.1 Å². The molecule has 9 heteroatoms. The Morgan fingerprint density at radius 3 is 2.66 bits per heavy atom. The maximum Gasteiger partial charge on any atom is 0.329 e. The normalized spacial score (nSPS) is 17.2. The minimum Gasteiger partial charge on any atom is -0.456 e. The molecule has 1 saturated carbocycles. The lowest BCUT2D eigenvalue weighted by molar-refractivity contribution is -0.133. The number of urea groups is 1. The fourth-order valence-electron chi connectivity index (χ4n) is 4.54. The summed E-state index contributed by atoms with van der Waals surface area (Å²) in [6.07, 6.45) is 11.5. The molecule has 3 aromatic rings. The summed E-state index contributed by atoms with van der Waals surface area (Å²) in [5.74, 6) is 1.46. The van der Waals surface area contributed by atoms with Gasteiger partial charge < -0.3 is 4.74 Å². The van der Waals surface area contributed by atoms with Crippen LogP contribution in [0.5, 0.6) is 11.5 Å². The Bertz CT molecular complexity index is 1150. The van der Waals surface area contributed by atoms with Crippen LogP contribution < -0.4 is 10.1 Å². The molecule has 0 aromatic carbocycles. The van der Waals surface area contributed by atoms with Gasteiger partial charge in [0.1, 0.15) is 17.3 Å². The molecule has 1 saturated heterocycles. The Morgan fingerprint density at radius 2 is 1.94 bits per heavy atom. The molecular formula is C23H24N6O3. The van der Waals surface area contributed by atoms with Crippen LogP contribution in [0.1, 0.15) is 32.1 Å². The van der Waals surface area contributed by atoms with Crippen molar-refractivity contribution in [2.75, 3.05) is 11.9 Å². The van der Waals surface area contributed by atoms with E-state index in [0.29, 0.717) is 23.9 Å². The highest BCUT2D eigenvalue weighted by atomic mass is 16.5. The van der Waals surface area contributed by atoms with E-state index >= 15 is 0 Å². The highest BCUT2D eigenvalue weighted by molar-refractivity contribution is 6.04. The first kappa shape index (κ1) is 20.2. The van der Waals surface area contributed by atoms with Crippen molar-refractivity contribution in [3.63, 3.8) is 0 Å². The molecule has 0 bridgehead atoms. The van der Waals surface area contributed by atoms with Gasteiger partial charge in [-0.1, -0.05) is 12.8 Å². The van der Waals surface area contributed by atoms with Gasteiger partial charge in [0.2, 0.25) is 5.91 Å². The van der Waals surface area contributed by atoms with Gasteiger partial charge in [-0.25, -0.2) is 9.78 Å². The van der Waals surface area contributed by atoms with Crippen molar-refractivity contribution in [3.05, 3.63) is 49.1 Å². The van der Waals surface area contributed by atoms with E-state index in [-0.39, 0.29) is 11.3 Å². The molecule has 5 rings (SSSR count). The average molecular weight is 432 g/mol. The van der Waals surface area contributed by atoms with Crippen molar-refractivity contribution in [1.82, 2.24) is 24.6 Å². The maximum absolute atomic E-state index is 12.8. The van der Waals surface area contributed by atoms with Crippen LogP contribution in [0.4, 0.5) is 10.6 Å². The van der Waals surface area contributed by atoms with Gasteiger partial charge >= 0.3 is 6.03 Å². The number of amides is 3. The zero-order chi connectivity index (χ0) is 22.1. The minimum atomic E-state index is -0.421. The van der Waals surface area contributed by atoms with Gasteiger partial charge in [0, 0.05) is 37.6 Å². The largest absolute Gasteiger partial charge is 0.456 e. The Hall–Kier alpha value is -3.75. The van der Waals surface area contributed by atoms with Crippen molar-refractivity contribution < 1.29 is 14.3 Å². The topological polar surface area (TPSA) is 102 Å². The van der Waals surface area contributed by atoms with E-state index in [2.05, 4.69) is 20.4 Å². The molecule has 1 spiro atoms. The van der Waals surface area contributed by atoms with Crippen molar-refractivity contribution in [1.29, 1.82) is 0 Å². The van der Waals surface area contributed by atoms with Gasteiger partial charge in [0.25, 0.3) is 0 Å². The summed E-state index contributed by atoms with van der Waals surface area (Å²) in [4.78, 5) is 35.3. The Balaban J connectivity index is 1.22. The quantitative estimate of drug-likeness (QED) is 0.669. The summed E-state index contributed by atoms with van der Waals surface area (Å²) in [5, 5.41) is 6.89. The SMILES string of the molecule is Cn1cc(-c2cc(Oc3ccc(NC(=O)N4CCC5(CCCC5)C4=O)nc3)ccn2)cn1. The van der Waals surface area contributed by atoms with Crippen LogP contribution in [0.15, 0.2) is 49.1 Å². The highest BCUT2D eigenvalue weighted by Crippen LogP contribution is 2.46. The zero-order valence-electron chi connectivity index (χ0n) is 17.8. The number of hydrogen-bond donors (Lipinski definition) is 1. The number of imide groups is 1. The second-order valence-corrected chi connectivity index (χ2v) is 8.39. The molecule has 2 aliphatic rings. The van der Waals surface area contributed by atoms with Crippen LogP contribution in [0.2, 0.25) is 0 Å². The number of aryl methyl sites for hydroxylation is 1. The molecular weight excluding hydrogens is 408 g/mol. The Labute approximate surface area is 185 Å². The van der Waals surface area contributed by atoms with Crippen LogP contribution in [0.25, 0.3) is 11.3 Å². The van der Waals surface area contributed by atoms with Crippen LogP contribution in [0.3, 0.4) is 0 Å². The third-order valence-corrected chi connectivity index (χ3v) is 6.26.